The van der Waals surface area contributed by atoms with Crippen molar-refractivity contribution in [3.05, 3.63) is 18.2 Å². The second-order valence-corrected chi connectivity index (χ2v) is 6.20. The molecule has 0 saturated carbocycles. The van der Waals surface area contributed by atoms with Crippen LogP contribution in [0.15, 0.2) is 12.5 Å². The van der Waals surface area contributed by atoms with Crippen molar-refractivity contribution in [1.82, 2.24) is 4.57 Å². The predicted molar refractivity (Wildman–Crippen MR) is 88.3 cm³/mol. The summed E-state index contributed by atoms with van der Waals surface area (Å²) in [6, 6.07) is -1.56. The summed E-state index contributed by atoms with van der Waals surface area (Å²) in [6.07, 6.45) is 8.37. The third-order valence-electron chi connectivity index (χ3n) is 4.07. The number of carboxylic acids is 2. The molecule has 136 valence electrons. The van der Waals surface area contributed by atoms with Crippen molar-refractivity contribution in [2.45, 2.75) is 70.6 Å². The van der Waals surface area contributed by atoms with Crippen molar-refractivity contribution in [1.29, 1.82) is 0 Å². The summed E-state index contributed by atoms with van der Waals surface area (Å²) < 4.78 is 4.22. The molecule has 24 heavy (non-hydrogen) atoms. The molecule has 6 N–H and O–H groups in total. The summed E-state index contributed by atoms with van der Waals surface area (Å²) in [5.41, 5.74) is 12.1. The van der Waals surface area contributed by atoms with Crippen LogP contribution in [0.2, 0.25) is 0 Å². The highest BCUT2D eigenvalue weighted by Crippen LogP contribution is 2.05. The zero-order chi connectivity index (χ0) is 18.1. The molecular formula is C16H29N4O4+. The molecule has 0 aromatic carbocycles. The molecule has 1 aromatic rings. The topological polar surface area (TPSA) is 135 Å². The number of hydrogen-bond acceptors (Lipinski definition) is 4. The van der Waals surface area contributed by atoms with Crippen LogP contribution < -0.4 is 16.0 Å². The van der Waals surface area contributed by atoms with Crippen molar-refractivity contribution in [3.8, 4) is 0 Å². The zero-order valence-corrected chi connectivity index (χ0v) is 14.2. The van der Waals surface area contributed by atoms with Crippen LogP contribution in [0.25, 0.3) is 0 Å². The number of aliphatic carboxylic acids is 2. The summed E-state index contributed by atoms with van der Waals surface area (Å²) in [6.45, 7) is 3.68. The second-order valence-electron chi connectivity index (χ2n) is 6.20. The number of unbranched alkanes of at least 4 members (excludes halogenated alkanes) is 2. The fourth-order valence-electron chi connectivity index (χ4n) is 2.53. The number of nitrogens with two attached hydrogens (primary N) is 2. The van der Waals surface area contributed by atoms with E-state index in [1.165, 1.54) is 0 Å². The van der Waals surface area contributed by atoms with Gasteiger partial charge in [-0.15, -0.1) is 0 Å². The Labute approximate surface area is 142 Å². The lowest BCUT2D eigenvalue weighted by Crippen LogP contribution is -2.32. The molecule has 0 spiro atoms. The molecular weight excluding hydrogens is 314 g/mol. The van der Waals surface area contributed by atoms with Gasteiger partial charge in [0.15, 0.2) is 0 Å². The smallest absolute Gasteiger partial charge is 0.320 e. The first kappa shape index (κ1) is 20.1. The molecule has 1 rings (SSSR count). The van der Waals surface area contributed by atoms with Crippen LogP contribution in [-0.2, 0) is 22.7 Å². The van der Waals surface area contributed by atoms with Gasteiger partial charge in [0.2, 0.25) is 6.33 Å². The molecule has 0 aliphatic rings. The number of carboxylic acid groups (broad SMARTS) is 2. The molecule has 0 aliphatic heterocycles. The average Bonchev–Trinajstić information content (AvgIpc) is 2.87. The molecule has 0 unspecified atom stereocenters. The van der Waals surface area contributed by atoms with E-state index in [4.69, 9.17) is 21.7 Å². The van der Waals surface area contributed by atoms with E-state index in [0.717, 1.165) is 44.5 Å². The van der Waals surface area contributed by atoms with Gasteiger partial charge in [-0.3, -0.25) is 9.59 Å². The third kappa shape index (κ3) is 7.10. The summed E-state index contributed by atoms with van der Waals surface area (Å²) in [7, 11) is 0. The van der Waals surface area contributed by atoms with Gasteiger partial charge < -0.3 is 21.7 Å². The summed E-state index contributed by atoms with van der Waals surface area (Å²) >= 11 is 0. The van der Waals surface area contributed by atoms with Crippen molar-refractivity contribution in [3.63, 3.8) is 0 Å². The van der Waals surface area contributed by atoms with Crippen molar-refractivity contribution >= 4 is 11.9 Å². The Morgan fingerprint density at radius 3 is 2.17 bits per heavy atom. The Balaban J connectivity index is 2.29. The second kappa shape index (κ2) is 10.0. The Hall–Kier alpha value is -1.93. The molecule has 2 atom stereocenters. The van der Waals surface area contributed by atoms with E-state index in [9.17, 15) is 9.59 Å². The van der Waals surface area contributed by atoms with Crippen LogP contribution in [0, 0.1) is 6.92 Å². The van der Waals surface area contributed by atoms with Gasteiger partial charge in [0.25, 0.3) is 0 Å². The Morgan fingerprint density at radius 2 is 1.62 bits per heavy atom. The van der Waals surface area contributed by atoms with Gasteiger partial charge in [0.05, 0.1) is 13.1 Å². The van der Waals surface area contributed by atoms with E-state index in [1.54, 1.807) is 0 Å². The standard InChI is InChI=1S/C16H28N4O4/c1-12-10-19(8-4-2-6-13(17)15(21)22)11-20(12)9-5-3-7-14(18)16(23)24/h10-11,13-14H,2-9,17-18H2,1H3,(H-,21,22,23,24)/p+1/t13-,14-/m0/s1/i17+1,18+1. The number of carbonyl (C=O) groups is 2. The number of aromatic nitrogens is 2. The first-order valence-electron chi connectivity index (χ1n) is 8.34. The fraction of sp³-hybridized carbons (Fsp3) is 0.688. The summed E-state index contributed by atoms with van der Waals surface area (Å²) in [5, 5.41) is 17.5. The van der Waals surface area contributed by atoms with Gasteiger partial charge in [-0.05, 0) is 38.5 Å². The van der Waals surface area contributed by atoms with Gasteiger partial charge in [-0.25, -0.2) is 9.13 Å². The minimum Gasteiger partial charge on any atom is -0.480 e. The SMILES string of the molecule is Cc1c[n+](CCCC[C@H]([15NH2])C(=O)O)cn1CCCC[C@H]([15NH2])C(=O)O. The third-order valence-corrected chi connectivity index (χ3v) is 4.07. The molecule has 1 heterocycles. The highest BCUT2D eigenvalue weighted by molar-refractivity contribution is 5.73. The van der Waals surface area contributed by atoms with E-state index in [1.807, 2.05) is 13.3 Å². The minimum absolute atomic E-state index is 0.486. The Bertz CT molecular complexity index is 544. The van der Waals surface area contributed by atoms with Gasteiger partial charge in [0, 0.05) is 6.92 Å². The number of rotatable bonds is 12. The van der Waals surface area contributed by atoms with Crippen LogP contribution in [0.1, 0.15) is 44.2 Å². The number of nitrogens with zero attached hydrogens (tertiary/aromatic N) is 2. The predicted octanol–water partition coefficient (Wildman–Crippen LogP) is 0.248. The van der Waals surface area contributed by atoms with Gasteiger partial charge >= 0.3 is 11.9 Å². The average molecular weight is 343 g/mol. The van der Waals surface area contributed by atoms with Crippen LogP contribution in [0.5, 0.6) is 0 Å². The molecule has 0 amide bonds. The van der Waals surface area contributed by atoms with Gasteiger partial charge in [-0.2, -0.15) is 0 Å². The molecule has 0 fully saturated rings. The first-order valence-corrected chi connectivity index (χ1v) is 8.34. The van der Waals surface area contributed by atoms with E-state index in [0.29, 0.717) is 12.8 Å². The van der Waals surface area contributed by atoms with E-state index in [-0.39, 0.29) is 0 Å². The lowest BCUT2D eigenvalue weighted by atomic mass is 10.1. The summed E-state index contributed by atoms with van der Waals surface area (Å²) in [5.74, 6) is -1.90. The van der Waals surface area contributed by atoms with Crippen LogP contribution in [0.4, 0.5) is 0 Å². The highest BCUT2D eigenvalue weighted by atomic mass is 16.4. The van der Waals surface area contributed by atoms with Crippen LogP contribution in [-0.4, -0.2) is 38.8 Å². The molecule has 0 radical (unpaired) electrons. The lowest BCUT2D eigenvalue weighted by molar-refractivity contribution is -0.697. The van der Waals surface area contributed by atoms with Gasteiger partial charge in [-0.1, -0.05) is 0 Å². The lowest BCUT2D eigenvalue weighted by Gasteiger charge is -2.05. The number of aryl methyl sites for hydroxylation is 3. The van der Waals surface area contributed by atoms with Crippen LogP contribution in [0.3, 0.4) is 0 Å². The van der Waals surface area contributed by atoms with Crippen molar-refractivity contribution in [2.75, 3.05) is 0 Å². The maximum Gasteiger partial charge on any atom is 0.320 e. The van der Waals surface area contributed by atoms with E-state index in [2.05, 4.69) is 15.3 Å². The molecule has 0 aliphatic carbocycles. The highest BCUT2D eigenvalue weighted by Gasteiger charge is 2.13. The first-order chi connectivity index (χ1) is 11.3. The van der Waals surface area contributed by atoms with Crippen molar-refractivity contribution < 1.29 is 24.4 Å². The maximum atomic E-state index is 10.7. The van der Waals surface area contributed by atoms with E-state index >= 15 is 0 Å². The molecule has 1 aromatic heterocycles. The molecule has 0 saturated heterocycles. The fourth-order valence-corrected chi connectivity index (χ4v) is 2.53. The quantitative estimate of drug-likeness (QED) is 0.244. The van der Waals surface area contributed by atoms with Crippen LogP contribution >= 0.6 is 0 Å². The number of hydrogen-bond donors (Lipinski definition) is 4. The zero-order valence-electron chi connectivity index (χ0n) is 14.2. The number of imidazole rings is 1. The molecule has 8 nitrogen and oxygen atoms in total. The Kier molecular flexibility index (Phi) is 8.42. The molecule has 8 heteroatoms. The largest absolute Gasteiger partial charge is 0.480 e. The summed E-state index contributed by atoms with van der Waals surface area (Å²) in [4.78, 5) is 21.3. The van der Waals surface area contributed by atoms with Gasteiger partial charge in [0.1, 0.15) is 24.0 Å². The Morgan fingerprint density at radius 1 is 1.08 bits per heavy atom. The minimum atomic E-state index is -0.952. The van der Waals surface area contributed by atoms with E-state index < -0.39 is 24.0 Å². The monoisotopic (exact) mass is 343 g/mol. The normalized spacial score (nSPS) is 13.6. The maximum absolute atomic E-state index is 10.7. The molecule has 0 bridgehead atoms. The van der Waals surface area contributed by atoms with Crippen molar-refractivity contribution in [2.24, 2.45) is 11.5 Å².